The summed E-state index contributed by atoms with van der Waals surface area (Å²) in [5, 5.41) is 0. The van der Waals surface area contributed by atoms with E-state index < -0.39 is 6.61 Å². The number of piperazine rings is 1. The lowest BCUT2D eigenvalue weighted by Crippen LogP contribution is -2.54. The number of aryl methyl sites for hydroxylation is 1. The van der Waals surface area contributed by atoms with Crippen LogP contribution in [0.25, 0.3) is 22.4 Å². The lowest BCUT2D eigenvalue weighted by atomic mass is 10.1. The van der Waals surface area contributed by atoms with E-state index in [0.717, 1.165) is 11.3 Å². The zero-order valence-corrected chi connectivity index (χ0v) is 20.7. The number of halogens is 2. The molecule has 3 heterocycles. The number of methoxy groups -OCH3 is 1. The first kappa shape index (κ1) is 24.5. The Morgan fingerprint density at radius 3 is 2.73 bits per heavy atom. The van der Waals surface area contributed by atoms with E-state index in [0.29, 0.717) is 48.1 Å². The number of oxazole rings is 1. The number of amides is 1. The summed E-state index contributed by atoms with van der Waals surface area (Å²) in [5.41, 5.74) is 2.98. The van der Waals surface area contributed by atoms with Crippen molar-refractivity contribution < 1.29 is 27.5 Å². The number of aromatic nitrogens is 3. The summed E-state index contributed by atoms with van der Waals surface area (Å²) in [4.78, 5) is 25.6. The summed E-state index contributed by atoms with van der Waals surface area (Å²) in [5.74, 6) is 1.87. The van der Waals surface area contributed by atoms with Crippen LogP contribution in [0.3, 0.4) is 0 Å². The number of rotatable bonds is 7. The van der Waals surface area contributed by atoms with E-state index in [2.05, 4.69) is 26.5 Å². The number of hydrogen-bond donors (Lipinski definition) is 0. The van der Waals surface area contributed by atoms with Gasteiger partial charge in [-0.05, 0) is 31.2 Å². The molecule has 2 aromatic heterocycles. The summed E-state index contributed by atoms with van der Waals surface area (Å²) in [6.07, 6.45) is 3.22. The van der Waals surface area contributed by atoms with Crippen LogP contribution in [0.4, 0.5) is 14.5 Å². The molecule has 0 unspecified atom stereocenters. The number of carbonyl (C=O) groups is 1. The van der Waals surface area contributed by atoms with Crippen LogP contribution in [0, 0.1) is 6.92 Å². The van der Waals surface area contributed by atoms with Gasteiger partial charge >= 0.3 is 6.61 Å². The molecule has 9 nitrogen and oxygen atoms in total. The van der Waals surface area contributed by atoms with E-state index in [9.17, 15) is 13.6 Å². The van der Waals surface area contributed by atoms with Gasteiger partial charge < -0.3 is 28.3 Å². The summed E-state index contributed by atoms with van der Waals surface area (Å²) in [6, 6.07) is 10.5. The molecule has 0 bridgehead atoms. The first-order chi connectivity index (χ1) is 17.8. The number of fused-ring (bicyclic) bond motifs is 1. The van der Waals surface area contributed by atoms with Crippen LogP contribution in [-0.2, 0) is 11.3 Å². The maximum Gasteiger partial charge on any atom is 0.387 e. The Morgan fingerprint density at radius 1 is 1.19 bits per heavy atom. The van der Waals surface area contributed by atoms with Crippen molar-refractivity contribution in [3.63, 3.8) is 0 Å². The van der Waals surface area contributed by atoms with Crippen molar-refractivity contribution in [3.05, 3.63) is 54.8 Å². The molecule has 1 aliphatic heterocycles. The highest BCUT2D eigenvalue weighted by Crippen LogP contribution is 2.35. The van der Waals surface area contributed by atoms with Crippen molar-refractivity contribution in [2.24, 2.45) is 0 Å². The van der Waals surface area contributed by atoms with Crippen molar-refractivity contribution in [1.29, 1.82) is 0 Å². The second kappa shape index (κ2) is 10.1. The Hall–Kier alpha value is -4.15. The van der Waals surface area contributed by atoms with Gasteiger partial charge in [-0.25, -0.2) is 9.97 Å². The van der Waals surface area contributed by atoms with Crippen molar-refractivity contribution >= 4 is 22.6 Å². The number of benzene rings is 2. The molecule has 4 aromatic rings. The van der Waals surface area contributed by atoms with Crippen LogP contribution in [-0.4, -0.2) is 64.7 Å². The Morgan fingerprint density at radius 2 is 2.03 bits per heavy atom. The minimum Gasteiger partial charge on any atom is -0.496 e. The predicted octanol–water partition coefficient (Wildman–Crippen LogP) is 4.35. The van der Waals surface area contributed by atoms with Gasteiger partial charge in [-0.3, -0.25) is 4.79 Å². The van der Waals surface area contributed by atoms with Gasteiger partial charge in [-0.1, -0.05) is 0 Å². The first-order valence-electron chi connectivity index (χ1n) is 11.9. The topological polar surface area (TPSA) is 85.9 Å². The minimum absolute atomic E-state index is 0.0267. The molecule has 0 radical (unpaired) electrons. The molecule has 0 saturated carbocycles. The van der Waals surface area contributed by atoms with Crippen LogP contribution in [0.2, 0.25) is 0 Å². The smallest absolute Gasteiger partial charge is 0.387 e. The maximum absolute atomic E-state index is 13.1. The van der Waals surface area contributed by atoms with Crippen LogP contribution in [0.5, 0.6) is 11.5 Å². The fourth-order valence-electron chi connectivity index (χ4n) is 4.70. The van der Waals surface area contributed by atoms with Crippen LogP contribution in [0.15, 0.2) is 53.3 Å². The molecule has 37 heavy (non-hydrogen) atoms. The molecule has 5 rings (SSSR count). The first-order valence-corrected chi connectivity index (χ1v) is 11.9. The van der Waals surface area contributed by atoms with E-state index in [1.165, 1.54) is 18.5 Å². The number of anilines is 1. The Balaban J connectivity index is 1.27. The van der Waals surface area contributed by atoms with Gasteiger partial charge in [0.1, 0.15) is 18.0 Å². The molecule has 1 atom stereocenters. The predicted molar refractivity (Wildman–Crippen MR) is 133 cm³/mol. The van der Waals surface area contributed by atoms with Crippen LogP contribution in [0.1, 0.15) is 12.8 Å². The van der Waals surface area contributed by atoms with Crippen molar-refractivity contribution in [1.82, 2.24) is 19.4 Å². The second-order valence-electron chi connectivity index (χ2n) is 8.91. The molecule has 0 N–H and O–H groups in total. The van der Waals surface area contributed by atoms with Gasteiger partial charge in [-0.2, -0.15) is 8.78 Å². The molecule has 1 fully saturated rings. The second-order valence-corrected chi connectivity index (χ2v) is 8.91. The number of hydrogen-bond acceptors (Lipinski definition) is 7. The van der Waals surface area contributed by atoms with Gasteiger partial charge in [-0.15, -0.1) is 0 Å². The third kappa shape index (κ3) is 5.07. The number of ether oxygens (including phenoxy) is 2. The van der Waals surface area contributed by atoms with E-state index in [4.69, 9.17) is 9.15 Å². The maximum atomic E-state index is 13.1. The van der Waals surface area contributed by atoms with E-state index >= 15 is 0 Å². The van der Waals surface area contributed by atoms with E-state index in [1.807, 2.05) is 23.1 Å². The standard InChI is InChI=1S/C26H27F2N5O4/c1-16-13-31(25(34)14-32-15-30-21-7-5-19(11-22(21)32)37-26(27)28)8-9-33(16)18-4-6-20(23(10-18)35-3)24-12-29-17(2)36-24/h4-7,10-12,15-16,26H,8-9,13-14H2,1-3H3/t16-/m0/s1. The average molecular weight is 512 g/mol. The fraction of sp³-hybridized carbons (Fsp3) is 0.346. The number of nitrogens with zero attached hydrogens (tertiary/aromatic N) is 5. The molecule has 194 valence electrons. The third-order valence-corrected chi connectivity index (χ3v) is 6.51. The van der Waals surface area contributed by atoms with Gasteiger partial charge in [0.05, 0.1) is 36.2 Å². The fourth-order valence-corrected chi connectivity index (χ4v) is 4.70. The van der Waals surface area contributed by atoms with Gasteiger partial charge in [0.15, 0.2) is 11.7 Å². The molecule has 11 heteroatoms. The summed E-state index contributed by atoms with van der Waals surface area (Å²) in [7, 11) is 1.62. The average Bonchev–Trinajstić information content (AvgIpc) is 3.49. The molecular weight excluding hydrogens is 484 g/mol. The highest BCUT2D eigenvalue weighted by atomic mass is 19.3. The monoisotopic (exact) mass is 511 g/mol. The van der Waals surface area contributed by atoms with Gasteiger partial charge in [0.25, 0.3) is 0 Å². The van der Waals surface area contributed by atoms with Gasteiger partial charge in [0.2, 0.25) is 5.91 Å². The highest BCUT2D eigenvalue weighted by Gasteiger charge is 2.28. The molecule has 1 aliphatic rings. The molecule has 2 aromatic carbocycles. The van der Waals surface area contributed by atoms with Crippen molar-refractivity contribution in [3.8, 4) is 22.8 Å². The number of imidazole rings is 1. The quantitative estimate of drug-likeness (QED) is 0.365. The SMILES string of the molecule is COc1cc(N2CCN(C(=O)Cn3cnc4ccc(OC(F)F)cc43)C[C@@H]2C)ccc1-c1cnc(C)o1. The number of carbonyl (C=O) groups excluding carboxylic acids is 1. The molecule has 0 aliphatic carbocycles. The zero-order valence-electron chi connectivity index (χ0n) is 20.7. The van der Waals surface area contributed by atoms with Crippen molar-refractivity contribution in [2.45, 2.75) is 33.0 Å². The summed E-state index contributed by atoms with van der Waals surface area (Å²) < 4.78 is 42.6. The molecular formula is C26H27F2N5O4. The molecule has 0 spiro atoms. The lowest BCUT2D eigenvalue weighted by Gasteiger charge is -2.41. The normalized spacial score (nSPS) is 16.0. The summed E-state index contributed by atoms with van der Waals surface area (Å²) in [6.45, 7) is 2.73. The van der Waals surface area contributed by atoms with Crippen LogP contribution < -0.4 is 14.4 Å². The Bertz CT molecular complexity index is 1420. The third-order valence-electron chi connectivity index (χ3n) is 6.51. The van der Waals surface area contributed by atoms with Crippen LogP contribution >= 0.6 is 0 Å². The Labute approximate surface area is 212 Å². The van der Waals surface area contributed by atoms with E-state index in [1.54, 1.807) is 30.9 Å². The van der Waals surface area contributed by atoms with Crippen molar-refractivity contribution in [2.75, 3.05) is 31.6 Å². The minimum atomic E-state index is -2.92. The lowest BCUT2D eigenvalue weighted by molar-refractivity contribution is -0.132. The zero-order chi connectivity index (χ0) is 26.1. The largest absolute Gasteiger partial charge is 0.496 e. The number of alkyl halides is 2. The summed E-state index contributed by atoms with van der Waals surface area (Å²) >= 11 is 0. The highest BCUT2D eigenvalue weighted by molar-refractivity contribution is 5.82. The van der Waals surface area contributed by atoms with E-state index in [-0.39, 0.29) is 24.2 Å². The van der Waals surface area contributed by atoms with Gasteiger partial charge in [0, 0.05) is 50.4 Å². The molecule has 1 saturated heterocycles. The molecule has 1 amide bonds. The Kier molecular flexibility index (Phi) is 6.68.